The first kappa shape index (κ1) is 14.5. The molecule has 1 amide bonds. The highest BCUT2D eigenvalue weighted by molar-refractivity contribution is 5.97. The van der Waals surface area contributed by atoms with Crippen molar-refractivity contribution in [1.29, 1.82) is 0 Å². The summed E-state index contributed by atoms with van der Waals surface area (Å²) in [7, 11) is 0. The molecule has 0 bridgehead atoms. The quantitative estimate of drug-likeness (QED) is 0.881. The molecule has 1 aliphatic rings. The number of carboxylic acids is 1. The minimum absolute atomic E-state index is 0.0262. The lowest BCUT2D eigenvalue weighted by atomic mass is 10.1. The van der Waals surface area contributed by atoms with Crippen LogP contribution in [-0.2, 0) is 9.53 Å². The van der Waals surface area contributed by atoms with E-state index in [1.165, 1.54) is 4.90 Å². The first-order valence-corrected chi connectivity index (χ1v) is 6.59. The highest BCUT2D eigenvalue weighted by Gasteiger charge is 2.34. The molecule has 1 unspecified atom stereocenters. The van der Waals surface area contributed by atoms with Crippen molar-refractivity contribution in [1.82, 2.24) is 14.7 Å². The Morgan fingerprint density at radius 2 is 2.20 bits per heavy atom. The monoisotopic (exact) mass is 281 g/mol. The number of morpholine rings is 1. The van der Waals surface area contributed by atoms with Crippen LogP contribution in [-0.4, -0.2) is 57.5 Å². The molecular formula is C13H19N3O4. The Kier molecular flexibility index (Phi) is 4.08. The summed E-state index contributed by atoms with van der Waals surface area (Å²) in [5.41, 5.74) is 1.06. The summed E-state index contributed by atoms with van der Waals surface area (Å²) >= 11 is 0. The van der Waals surface area contributed by atoms with Gasteiger partial charge in [0.25, 0.3) is 5.91 Å². The van der Waals surface area contributed by atoms with Gasteiger partial charge in [0.1, 0.15) is 0 Å². The SMILES string of the molecule is Cc1nn(C(C)C)cc1C(=O)N1CCOCC1C(=O)O. The molecule has 0 saturated carbocycles. The van der Waals surface area contributed by atoms with Gasteiger partial charge in [0.05, 0.1) is 24.5 Å². The molecule has 0 aliphatic carbocycles. The minimum Gasteiger partial charge on any atom is -0.480 e. The van der Waals surface area contributed by atoms with Crippen LogP contribution in [0, 0.1) is 6.92 Å². The van der Waals surface area contributed by atoms with Gasteiger partial charge in [0.2, 0.25) is 0 Å². The number of aryl methyl sites for hydroxylation is 1. The lowest BCUT2D eigenvalue weighted by Crippen LogP contribution is -2.52. The molecule has 1 fully saturated rings. The number of nitrogens with zero attached hydrogens (tertiary/aromatic N) is 3. The lowest BCUT2D eigenvalue weighted by Gasteiger charge is -2.32. The largest absolute Gasteiger partial charge is 0.480 e. The van der Waals surface area contributed by atoms with Crippen LogP contribution in [0.2, 0.25) is 0 Å². The molecular weight excluding hydrogens is 262 g/mol. The van der Waals surface area contributed by atoms with E-state index < -0.39 is 12.0 Å². The third kappa shape index (κ3) is 2.67. The van der Waals surface area contributed by atoms with Crippen molar-refractivity contribution < 1.29 is 19.4 Å². The zero-order valence-corrected chi connectivity index (χ0v) is 11.9. The van der Waals surface area contributed by atoms with E-state index in [0.29, 0.717) is 17.9 Å². The van der Waals surface area contributed by atoms with Gasteiger partial charge in [-0.3, -0.25) is 9.48 Å². The van der Waals surface area contributed by atoms with Gasteiger partial charge < -0.3 is 14.7 Å². The van der Waals surface area contributed by atoms with Crippen LogP contribution in [0.15, 0.2) is 6.20 Å². The first-order valence-electron chi connectivity index (χ1n) is 6.59. The summed E-state index contributed by atoms with van der Waals surface area (Å²) < 4.78 is 6.84. The fraction of sp³-hybridized carbons (Fsp3) is 0.615. The zero-order valence-electron chi connectivity index (χ0n) is 11.9. The number of carboxylic acid groups (broad SMARTS) is 1. The molecule has 110 valence electrons. The van der Waals surface area contributed by atoms with Crippen molar-refractivity contribution in [3.63, 3.8) is 0 Å². The lowest BCUT2D eigenvalue weighted by molar-refractivity contribution is -0.147. The Bertz CT molecular complexity index is 524. The predicted octanol–water partition coefficient (Wildman–Crippen LogP) is 0.698. The number of aliphatic carboxylic acids is 1. The van der Waals surface area contributed by atoms with Crippen molar-refractivity contribution in [2.24, 2.45) is 0 Å². The fourth-order valence-corrected chi connectivity index (χ4v) is 2.16. The highest BCUT2D eigenvalue weighted by Crippen LogP contribution is 2.17. The van der Waals surface area contributed by atoms with Gasteiger partial charge in [-0.15, -0.1) is 0 Å². The van der Waals surface area contributed by atoms with Crippen molar-refractivity contribution in [3.05, 3.63) is 17.5 Å². The summed E-state index contributed by atoms with van der Waals surface area (Å²) in [4.78, 5) is 25.1. The second-order valence-corrected chi connectivity index (χ2v) is 5.13. The van der Waals surface area contributed by atoms with Crippen molar-refractivity contribution >= 4 is 11.9 Å². The molecule has 1 saturated heterocycles. The number of carbonyl (C=O) groups is 2. The van der Waals surface area contributed by atoms with Gasteiger partial charge >= 0.3 is 5.97 Å². The number of hydrogen-bond acceptors (Lipinski definition) is 4. The van der Waals surface area contributed by atoms with Crippen LogP contribution >= 0.6 is 0 Å². The molecule has 0 aromatic carbocycles. The topological polar surface area (TPSA) is 84.7 Å². The summed E-state index contributed by atoms with van der Waals surface area (Å²) in [6.45, 7) is 6.35. The molecule has 0 spiro atoms. The van der Waals surface area contributed by atoms with Gasteiger partial charge in [-0.1, -0.05) is 0 Å². The van der Waals surface area contributed by atoms with Gasteiger partial charge in [-0.2, -0.15) is 5.10 Å². The summed E-state index contributed by atoms with van der Waals surface area (Å²) in [6.07, 6.45) is 1.68. The third-order valence-electron chi connectivity index (χ3n) is 3.35. The summed E-state index contributed by atoms with van der Waals surface area (Å²) in [6, 6.07) is -0.784. The first-order chi connectivity index (χ1) is 9.41. The molecule has 7 heteroatoms. The second kappa shape index (κ2) is 5.62. The molecule has 2 heterocycles. The minimum atomic E-state index is -1.05. The van der Waals surface area contributed by atoms with Crippen molar-refractivity contribution in [2.45, 2.75) is 32.9 Å². The number of carbonyl (C=O) groups excluding carboxylic acids is 1. The molecule has 7 nitrogen and oxygen atoms in total. The van der Waals surface area contributed by atoms with Crippen LogP contribution in [0.4, 0.5) is 0 Å². The van der Waals surface area contributed by atoms with E-state index in [4.69, 9.17) is 4.74 Å². The molecule has 1 N–H and O–H groups in total. The number of amides is 1. The molecule has 1 aliphatic heterocycles. The Morgan fingerprint density at radius 1 is 1.50 bits per heavy atom. The van der Waals surface area contributed by atoms with Crippen LogP contribution in [0.5, 0.6) is 0 Å². The van der Waals surface area contributed by atoms with Crippen LogP contribution in [0.25, 0.3) is 0 Å². The molecule has 1 aromatic heterocycles. The van der Waals surface area contributed by atoms with Crippen molar-refractivity contribution in [2.75, 3.05) is 19.8 Å². The number of hydrogen-bond donors (Lipinski definition) is 1. The van der Waals surface area contributed by atoms with Gasteiger partial charge in [0.15, 0.2) is 6.04 Å². The van der Waals surface area contributed by atoms with E-state index in [9.17, 15) is 14.7 Å². The smallest absolute Gasteiger partial charge is 0.328 e. The van der Waals surface area contributed by atoms with Crippen LogP contribution < -0.4 is 0 Å². The molecule has 20 heavy (non-hydrogen) atoms. The predicted molar refractivity (Wildman–Crippen MR) is 70.6 cm³/mol. The number of aromatic nitrogens is 2. The third-order valence-corrected chi connectivity index (χ3v) is 3.35. The average molecular weight is 281 g/mol. The van der Waals surface area contributed by atoms with E-state index >= 15 is 0 Å². The fourth-order valence-electron chi connectivity index (χ4n) is 2.16. The Hall–Kier alpha value is -1.89. The maximum absolute atomic E-state index is 12.5. The molecule has 1 atom stereocenters. The molecule has 2 rings (SSSR count). The Morgan fingerprint density at radius 3 is 2.75 bits per heavy atom. The second-order valence-electron chi connectivity index (χ2n) is 5.13. The van der Waals surface area contributed by atoms with E-state index in [1.807, 2.05) is 13.8 Å². The average Bonchev–Trinajstić information content (AvgIpc) is 2.80. The van der Waals surface area contributed by atoms with Gasteiger partial charge in [-0.05, 0) is 20.8 Å². The van der Waals surface area contributed by atoms with Crippen LogP contribution in [0.1, 0.15) is 35.9 Å². The van der Waals surface area contributed by atoms with Crippen LogP contribution in [0.3, 0.4) is 0 Å². The van der Waals surface area contributed by atoms with E-state index in [2.05, 4.69) is 5.10 Å². The van der Waals surface area contributed by atoms with Gasteiger partial charge in [-0.25, -0.2) is 4.79 Å². The maximum atomic E-state index is 12.5. The normalized spacial score (nSPS) is 19.4. The number of ether oxygens (including phenoxy) is 1. The standard InChI is InChI=1S/C13H19N3O4/c1-8(2)16-6-10(9(3)14-16)12(17)15-4-5-20-7-11(15)13(18)19/h6,8,11H,4-5,7H2,1-3H3,(H,18,19). The highest BCUT2D eigenvalue weighted by atomic mass is 16.5. The summed E-state index contributed by atoms with van der Waals surface area (Å²) in [5, 5.41) is 13.5. The number of rotatable bonds is 3. The Labute approximate surface area is 117 Å². The van der Waals surface area contributed by atoms with Gasteiger partial charge in [0, 0.05) is 18.8 Å². The maximum Gasteiger partial charge on any atom is 0.328 e. The summed E-state index contributed by atoms with van der Waals surface area (Å²) in [5.74, 6) is -1.35. The molecule has 1 aromatic rings. The zero-order chi connectivity index (χ0) is 14.9. The van der Waals surface area contributed by atoms with E-state index in [-0.39, 0.29) is 25.1 Å². The molecule has 0 radical (unpaired) electrons. The van der Waals surface area contributed by atoms with Crippen molar-refractivity contribution in [3.8, 4) is 0 Å². The van der Waals surface area contributed by atoms with E-state index in [0.717, 1.165) is 0 Å². The van der Waals surface area contributed by atoms with E-state index in [1.54, 1.807) is 17.8 Å². The Balaban J connectivity index is 2.27.